The number of rotatable bonds is 3. The molecule has 0 aliphatic carbocycles. The summed E-state index contributed by atoms with van der Waals surface area (Å²) in [7, 11) is 0. The van der Waals surface area contributed by atoms with Gasteiger partial charge in [-0.15, -0.1) is 0 Å². The summed E-state index contributed by atoms with van der Waals surface area (Å²) in [6.45, 7) is 9.04. The van der Waals surface area contributed by atoms with Crippen molar-refractivity contribution in [2.24, 2.45) is 0 Å². The lowest BCUT2D eigenvalue weighted by Gasteiger charge is -2.18. The molecule has 0 aliphatic heterocycles. The van der Waals surface area contributed by atoms with Gasteiger partial charge in [0.15, 0.2) is 0 Å². The summed E-state index contributed by atoms with van der Waals surface area (Å²) < 4.78 is 74.9. The van der Waals surface area contributed by atoms with Crippen LogP contribution < -0.4 is 17.1 Å². The summed E-state index contributed by atoms with van der Waals surface area (Å²) in [5, 5.41) is 0. The van der Waals surface area contributed by atoms with Gasteiger partial charge in [-0.1, -0.05) is 19.7 Å². The van der Waals surface area contributed by atoms with Gasteiger partial charge in [-0.05, 0) is 6.92 Å². The van der Waals surface area contributed by atoms with E-state index in [4.69, 9.17) is 0 Å². The molecular weight excluding hydrogens is 348 g/mol. The van der Waals surface area contributed by atoms with Gasteiger partial charge < -0.3 is 0 Å². The highest BCUT2D eigenvalue weighted by Crippen LogP contribution is 2.27. The summed E-state index contributed by atoms with van der Waals surface area (Å²) in [6.07, 6.45) is -10.6. The molecule has 12 heteroatoms. The first kappa shape index (κ1) is 19.3. The molecule has 6 nitrogen and oxygen atoms in total. The van der Waals surface area contributed by atoms with Crippen LogP contribution in [0.3, 0.4) is 0 Å². The van der Waals surface area contributed by atoms with E-state index in [9.17, 15) is 40.7 Å². The average molecular weight is 357 g/mol. The number of alkyl halides is 6. The van der Waals surface area contributed by atoms with Crippen molar-refractivity contribution in [3.05, 3.63) is 51.2 Å². The van der Waals surface area contributed by atoms with Crippen LogP contribution in [-0.4, -0.2) is 26.1 Å². The third-order valence-electron chi connectivity index (χ3n) is 2.72. The maximum Gasteiger partial charge on any atom is 0.431 e. The van der Waals surface area contributed by atoms with Crippen molar-refractivity contribution in [1.82, 2.24) is 13.7 Å². The van der Waals surface area contributed by atoms with E-state index in [-0.39, 0.29) is 4.57 Å². The first-order valence-corrected chi connectivity index (χ1v) is 5.82. The number of halogens is 6. The van der Waals surface area contributed by atoms with E-state index in [1.165, 1.54) is 0 Å². The third-order valence-corrected chi connectivity index (χ3v) is 2.72. The van der Waals surface area contributed by atoms with Gasteiger partial charge in [0.05, 0.1) is 0 Å². The second-order valence-electron chi connectivity index (χ2n) is 4.48. The van der Waals surface area contributed by atoms with Crippen LogP contribution in [-0.2, 0) is 0 Å². The summed E-state index contributed by atoms with van der Waals surface area (Å²) in [6, 6.07) is 0. The van der Waals surface area contributed by atoms with Crippen LogP contribution in [0, 0.1) is 0 Å². The Labute approximate surface area is 128 Å². The van der Waals surface area contributed by atoms with Gasteiger partial charge in [0, 0.05) is 5.70 Å². The summed E-state index contributed by atoms with van der Waals surface area (Å²) in [4.78, 5) is 35.8. The first-order valence-electron chi connectivity index (χ1n) is 5.82. The molecule has 0 radical (unpaired) electrons. The maximum absolute atomic E-state index is 12.7. The zero-order chi connectivity index (χ0) is 19.2. The lowest BCUT2D eigenvalue weighted by molar-refractivity contribution is -0.0749. The fourth-order valence-corrected chi connectivity index (χ4v) is 1.59. The van der Waals surface area contributed by atoms with Crippen molar-refractivity contribution >= 4 is 17.1 Å². The van der Waals surface area contributed by atoms with Crippen LogP contribution in [0.5, 0.6) is 0 Å². The highest BCUT2D eigenvalue weighted by atomic mass is 19.4. The Hall–Kier alpha value is -2.79. The SMILES string of the molecule is C=C(C)n1c(=O)n(C(=C)C(F)(F)F)c(=O)n(C(=C)C(F)(F)F)c1=O. The molecule has 0 atom stereocenters. The minimum Gasteiger partial charge on any atom is -0.247 e. The van der Waals surface area contributed by atoms with E-state index in [1.807, 2.05) is 0 Å². The Bertz CT molecular complexity index is 846. The summed E-state index contributed by atoms with van der Waals surface area (Å²) in [5.41, 5.74) is -10.6. The first-order chi connectivity index (χ1) is 10.6. The molecule has 132 valence electrons. The lowest BCUT2D eigenvalue weighted by Crippen LogP contribution is -2.55. The Morgan fingerprint density at radius 2 is 0.958 bits per heavy atom. The van der Waals surface area contributed by atoms with E-state index < -0.39 is 55.6 Å². The predicted octanol–water partition coefficient (Wildman–Crippen LogP) is 1.73. The molecule has 0 bridgehead atoms. The molecule has 0 amide bonds. The maximum atomic E-state index is 12.7. The van der Waals surface area contributed by atoms with Crippen LogP contribution in [0.4, 0.5) is 26.3 Å². The smallest absolute Gasteiger partial charge is 0.247 e. The standard InChI is InChI=1S/C12H9F6N3O3/c1-5(2)19-8(22)20(6(3)11(13,14)15)10(24)21(9(19)23)7(4)12(16,17)18/h1,3-4H2,2H3. The zero-order valence-electron chi connectivity index (χ0n) is 12.0. The average Bonchev–Trinajstić information content (AvgIpc) is 2.35. The van der Waals surface area contributed by atoms with Crippen molar-refractivity contribution in [3.8, 4) is 0 Å². The number of aromatic nitrogens is 3. The minimum atomic E-state index is -5.32. The number of nitrogens with zero attached hydrogens (tertiary/aromatic N) is 3. The second kappa shape index (κ2) is 5.69. The molecule has 1 rings (SSSR count). The van der Waals surface area contributed by atoms with Gasteiger partial charge in [-0.2, -0.15) is 26.3 Å². The van der Waals surface area contributed by atoms with Gasteiger partial charge in [0.1, 0.15) is 11.4 Å². The van der Waals surface area contributed by atoms with Crippen LogP contribution >= 0.6 is 0 Å². The fraction of sp³-hybridized carbons (Fsp3) is 0.250. The van der Waals surface area contributed by atoms with Crippen LogP contribution in [0.1, 0.15) is 6.92 Å². The van der Waals surface area contributed by atoms with Gasteiger partial charge >= 0.3 is 29.4 Å². The molecule has 0 saturated carbocycles. The molecule has 0 fully saturated rings. The summed E-state index contributed by atoms with van der Waals surface area (Å²) >= 11 is 0. The molecule has 24 heavy (non-hydrogen) atoms. The predicted molar refractivity (Wildman–Crippen MR) is 73.0 cm³/mol. The van der Waals surface area contributed by atoms with Gasteiger partial charge in [-0.3, -0.25) is 0 Å². The van der Waals surface area contributed by atoms with E-state index in [0.717, 1.165) is 6.92 Å². The molecule has 0 unspecified atom stereocenters. The van der Waals surface area contributed by atoms with E-state index in [0.29, 0.717) is 0 Å². The second-order valence-corrected chi connectivity index (χ2v) is 4.48. The number of hydrogen-bond acceptors (Lipinski definition) is 3. The van der Waals surface area contributed by atoms with Crippen molar-refractivity contribution in [2.45, 2.75) is 19.3 Å². The fourth-order valence-electron chi connectivity index (χ4n) is 1.59. The van der Waals surface area contributed by atoms with Gasteiger partial charge in [-0.25, -0.2) is 28.1 Å². The molecule has 0 aliphatic rings. The molecule has 0 saturated heterocycles. The highest BCUT2D eigenvalue weighted by Gasteiger charge is 2.40. The van der Waals surface area contributed by atoms with E-state index >= 15 is 0 Å². The van der Waals surface area contributed by atoms with E-state index in [1.54, 1.807) is 0 Å². The Kier molecular flexibility index (Phi) is 4.56. The Morgan fingerprint density at radius 1 is 0.708 bits per heavy atom. The Balaban J connectivity index is 4.13. The van der Waals surface area contributed by atoms with Gasteiger partial charge in [0.25, 0.3) is 0 Å². The highest BCUT2D eigenvalue weighted by molar-refractivity contribution is 5.51. The van der Waals surface area contributed by atoms with Crippen LogP contribution in [0.25, 0.3) is 17.1 Å². The number of hydrogen-bond donors (Lipinski definition) is 0. The van der Waals surface area contributed by atoms with Crippen LogP contribution in [0.2, 0.25) is 0 Å². The summed E-state index contributed by atoms with van der Waals surface area (Å²) in [5.74, 6) is 0. The van der Waals surface area contributed by atoms with Crippen molar-refractivity contribution in [1.29, 1.82) is 0 Å². The van der Waals surface area contributed by atoms with E-state index in [2.05, 4.69) is 19.7 Å². The molecular formula is C12H9F6N3O3. The van der Waals surface area contributed by atoms with Crippen molar-refractivity contribution < 1.29 is 26.3 Å². The van der Waals surface area contributed by atoms with Crippen LogP contribution in [0.15, 0.2) is 34.1 Å². The Morgan fingerprint density at radius 3 is 1.17 bits per heavy atom. The van der Waals surface area contributed by atoms with Gasteiger partial charge in [0.2, 0.25) is 0 Å². The molecule has 1 heterocycles. The lowest BCUT2D eigenvalue weighted by atomic mass is 10.4. The van der Waals surface area contributed by atoms with Crippen molar-refractivity contribution in [2.75, 3.05) is 0 Å². The molecule has 0 spiro atoms. The molecule has 1 aromatic rings. The topological polar surface area (TPSA) is 66.0 Å². The molecule has 0 aromatic carbocycles. The molecule has 0 N–H and O–H groups in total. The monoisotopic (exact) mass is 357 g/mol. The van der Waals surface area contributed by atoms with Crippen molar-refractivity contribution in [3.63, 3.8) is 0 Å². The normalized spacial score (nSPS) is 12.1. The quantitative estimate of drug-likeness (QED) is 0.774. The third kappa shape index (κ3) is 3.12. The number of allylic oxidation sites excluding steroid dienone is 3. The zero-order valence-corrected chi connectivity index (χ0v) is 12.0. The molecule has 1 aromatic heterocycles. The largest absolute Gasteiger partial charge is 0.431 e. The minimum absolute atomic E-state index is 0.130.